The second kappa shape index (κ2) is 6.14. The van der Waals surface area contributed by atoms with Crippen LogP contribution in [0.2, 0.25) is 0 Å². The van der Waals surface area contributed by atoms with Crippen molar-refractivity contribution in [3.05, 3.63) is 24.3 Å². The Hall–Kier alpha value is -1.43. The molecular formula is C13H18F3NO2. The van der Waals surface area contributed by atoms with Crippen molar-refractivity contribution in [2.24, 2.45) is 5.41 Å². The summed E-state index contributed by atoms with van der Waals surface area (Å²) >= 11 is 0. The van der Waals surface area contributed by atoms with E-state index in [1.807, 2.05) is 13.8 Å². The third kappa shape index (κ3) is 4.98. The highest BCUT2D eigenvalue weighted by Gasteiger charge is 2.32. The fourth-order valence-electron chi connectivity index (χ4n) is 1.43. The van der Waals surface area contributed by atoms with Crippen molar-refractivity contribution in [3.8, 4) is 5.75 Å². The van der Waals surface area contributed by atoms with E-state index in [-0.39, 0.29) is 23.5 Å². The number of anilines is 1. The van der Waals surface area contributed by atoms with Gasteiger partial charge in [0.15, 0.2) is 5.75 Å². The minimum atomic E-state index is -4.72. The van der Waals surface area contributed by atoms with Gasteiger partial charge in [0.2, 0.25) is 0 Å². The van der Waals surface area contributed by atoms with Crippen LogP contribution in [-0.4, -0.2) is 24.6 Å². The number of alkyl halides is 3. The number of halogens is 3. The first-order valence-corrected chi connectivity index (χ1v) is 5.99. The van der Waals surface area contributed by atoms with Gasteiger partial charge in [-0.05, 0) is 18.6 Å². The Morgan fingerprint density at radius 3 is 2.42 bits per heavy atom. The fourth-order valence-corrected chi connectivity index (χ4v) is 1.43. The van der Waals surface area contributed by atoms with Crippen LogP contribution < -0.4 is 10.1 Å². The summed E-state index contributed by atoms with van der Waals surface area (Å²) in [5.41, 5.74) is -0.126. The summed E-state index contributed by atoms with van der Waals surface area (Å²) in [5.74, 6) is -0.272. The first kappa shape index (κ1) is 15.6. The lowest BCUT2D eigenvalue weighted by molar-refractivity contribution is -0.274. The molecule has 1 rings (SSSR count). The third-order valence-electron chi connectivity index (χ3n) is 3.05. The van der Waals surface area contributed by atoms with Crippen molar-refractivity contribution in [2.45, 2.75) is 26.6 Å². The van der Waals surface area contributed by atoms with Gasteiger partial charge < -0.3 is 15.2 Å². The number of rotatable bonds is 6. The molecule has 0 aromatic heterocycles. The lowest BCUT2D eigenvalue weighted by Gasteiger charge is -2.27. The molecular weight excluding hydrogens is 259 g/mol. The summed E-state index contributed by atoms with van der Waals surface area (Å²) in [7, 11) is 0. The summed E-state index contributed by atoms with van der Waals surface area (Å²) in [6.07, 6.45) is -4.01. The Labute approximate surface area is 110 Å². The number of aliphatic hydroxyl groups excluding tert-OH is 1. The zero-order valence-corrected chi connectivity index (χ0v) is 10.9. The summed E-state index contributed by atoms with van der Waals surface area (Å²) in [4.78, 5) is 0. The molecule has 0 saturated heterocycles. The molecule has 0 aliphatic rings. The van der Waals surface area contributed by atoms with E-state index >= 15 is 0 Å². The second-order valence-corrected chi connectivity index (χ2v) is 4.72. The molecule has 2 N–H and O–H groups in total. The van der Waals surface area contributed by atoms with Crippen molar-refractivity contribution in [1.29, 1.82) is 0 Å². The van der Waals surface area contributed by atoms with Crippen LogP contribution in [0.15, 0.2) is 24.3 Å². The molecule has 0 aliphatic carbocycles. The van der Waals surface area contributed by atoms with Crippen LogP contribution in [0.5, 0.6) is 5.75 Å². The van der Waals surface area contributed by atoms with E-state index < -0.39 is 6.36 Å². The highest BCUT2D eigenvalue weighted by atomic mass is 19.4. The molecule has 6 heteroatoms. The van der Waals surface area contributed by atoms with Crippen LogP contribution in [0, 0.1) is 5.41 Å². The Morgan fingerprint density at radius 1 is 1.26 bits per heavy atom. The normalized spacial score (nSPS) is 14.8. The van der Waals surface area contributed by atoms with E-state index in [1.54, 1.807) is 6.07 Å². The number of aliphatic hydroxyl groups is 1. The lowest BCUT2D eigenvalue weighted by atomic mass is 9.88. The van der Waals surface area contributed by atoms with E-state index in [0.717, 1.165) is 0 Å². The van der Waals surface area contributed by atoms with Crippen molar-refractivity contribution >= 4 is 5.69 Å². The van der Waals surface area contributed by atoms with E-state index in [2.05, 4.69) is 10.1 Å². The largest absolute Gasteiger partial charge is 0.573 e. The van der Waals surface area contributed by atoms with Crippen LogP contribution in [-0.2, 0) is 0 Å². The second-order valence-electron chi connectivity index (χ2n) is 4.72. The third-order valence-corrected chi connectivity index (χ3v) is 3.05. The molecule has 19 heavy (non-hydrogen) atoms. The SMILES string of the molecule is CCC(C)(CO)CNc1ccccc1OC(F)(F)F. The average molecular weight is 277 g/mol. The van der Waals surface area contributed by atoms with Crippen molar-refractivity contribution < 1.29 is 23.0 Å². The molecule has 1 aromatic rings. The van der Waals surface area contributed by atoms with Gasteiger partial charge in [-0.15, -0.1) is 13.2 Å². The molecule has 0 bridgehead atoms. The predicted octanol–water partition coefficient (Wildman–Crippen LogP) is 3.41. The van der Waals surface area contributed by atoms with Gasteiger partial charge in [-0.3, -0.25) is 0 Å². The molecule has 0 amide bonds. The Balaban J connectivity index is 2.78. The van der Waals surface area contributed by atoms with Crippen LogP contribution in [0.1, 0.15) is 20.3 Å². The maximum atomic E-state index is 12.2. The molecule has 1 atom stereocenters. The Kier molecular flexibility index (Phi) is 5.05. The summed E-state index contributed by atoms with van der Waals surface area (Å²) in [6, 6.07) is 5.84. The van der Waals surface area contributed by atoms with Crippen LogP contribution >= 0.6 is 0 Å². The molecule has 0 aliphatic heterocycles. The maximum Gasteiger partial charge on any atom is 0.573 e. The molecule has 0 radical (unpaired) electrons. The average Bonchev–Trinajstić information content (AvgIpc) is 2.35. The zero-order valence-electron chi connectivity index (χ0n) is 10.9. The first-order chi connectivity index (χ1) is 8.79. The standard InChI is InChI=1S/C13H18F3NO2/c1-3-12(2,9-18)8-17-10-6-4-5-7-11(10)19-13(14,15)16/h4-7,17-18H,3,8-9H2,1-2H3. The van der Waals surface area contributed by atoms with Crippen molar-refractivity contribution in [1.82, 2.24) is 0 Å². The molecule has 0 heterocycles. The van der Waals surface area contributed by atoms with Gasteiger partial charge in [0.1, 0.15) is 0 Å². The fraction of sp³-hybridized carbons (Fsp3) is 0.538. The van der Waals surface area contributed by atoms with Crippen molar-refractivity contribution in [3.63, 3.8) is 0 Å². The maximum absolute atomic E-state index is 12.2. The summed E-state index contributed by atoms with van der Waals surface area (Å²) < 4.78 is 40.7. The van der Waals surface area contributed by atoms with Crippen molar-refractivity contribution in [2.75, 3.05) is 18.5 Å². The number of benzene rings is 1. The smallest absolute Gasteiger partial charge is 0.404 e. The van der Waals surface area contributed by atoms with Gasteiger partial charge in [-0.2, -0.15) is 0 Å². The first-order valence-electron chi connectivity index (χ1n) is 5.99. The quantitative estimate of drug-likeness (QED) is 0.837. The van der Waals surface area contributed by atoms with E-state index in [0.29, 0.717) is 13.0 Å². The Morgan fingerprint density at radius 2 is 1.89 bits per heavy atom. The highest BCUT2D eigenvalue weighted by molar-refractivity contribution is 5.56. The Bertz CT molecular complexity index is 403. The van der Waals surface area contributed by atoms with Gasteiger partial charge in [0, 0.05) is 12.0 Å². The molecule has 0 fully saturated rings. The van der Waals surface area contributed by atoms with Crippen LogP contribution in [0.4, 0.5) is 18.9 Å². The molecule has 0 saturated carbocycles. The van der Waals surface area contributed by atoms with Gasteiger partial charge in [-0.25, -0.2) is 0 Å². The minimum Gasteiger partial charge on any atom is -0.404 e. The van der Waals surface area contributed by atoms with E-state index in [9.17, 15) is 18.3 Å². The number of ether oxygens (including phenoxy) is 1. The number of hydrogen-bond acceptors (Lipinski definition) is 3. The van der Waals surface area contributed by atoms with E-state index in [1.165, 1.54) is 18.2 Å². The van der Waals surface area contributed by atoms with Crippen LogP contribution in [0.25, 0.3) is 0 Å². The number of hydrogen-bond donors (Lipinski definition) is 2. The van der Waals surface area contributed by atoms with E-state index in [4.69, 9.17) is 0 Å². The predicted molar refractivity (Wildman–Crippen MR) is 67.1 cm³/mol. The molecule has 108 valence electrons. The number of para-hydroxylation sites is 2. The lowest BCUT2D eigenvalue weighted by Crippen LogP contribution is -2.30. The number of nitrogens with one attached hydrogen (secondary N) is 1. The zero-order chi connectivity index (χ0) is 14.5. The van der Waals surface area contributed by atoms with Gasteiger partial charge in [0.25, 0.3) is 0 Å². The molecule has 3 nitrogen and oxygen atoms in total. The monoisotopic (exact) mass is 277 g/mol. The topological polar surface area (TPSA) is 41.5 Å². The molecule has 0 spiro atoms. The summed E-state index contributed by atoms with van der Waals surface area (Å²) in [6.45, 7) is 4.08. The minimum absolute atomic E-state index is 0.0429. The molecule has 1 aromatic carbocycles. The highest BCUT2D eigenvalue weighted by Crippen LogP contribution is 2.31. The van der Waals surface area contributed by atoms with Crippen LogP contribution in [0.3, 0.4) is 0 Å². The summed E-state index contributed by atoms with van der Waals surface area (Å²) in [5, 5.41) is 12.2. The van der Waals surface area contributed by atoms with Gasteiger partial charge in [-0.1, -0.05) is 26.0 Å². The van der Waals surface area contributed by atoms with Gasteiger partial charge >= 0.3 is 6.36 Å². The van der Waals surface area contributed by atoms with Gasteiger partial charge in [0.05, 0.1) is 12.3 Å². The molecule has 1 unspecified atom stereocenters.